The highest BCUT2D eigenvalue weighted by atomic mass is 28.4. The Morgan fingerprint density at radius 3 is 2.08 bits per heavy atom. The van der Waals surface area contributed by atoms with Crippen molar-refractivity contribution in [3.8, 4) is 0 Å². The van der Waals surface area contributed by atoms with E-state index in [0.29, 0.717) is 0 Å². The molecule has 1 atom stereocenters. The molecule has 2 nitrogen and oxygen atoms in total. The molecule has 12 heavy (non-hydrogen) atoms. The average Bonchev–Trinajstić information content (AvgIpc) is 2.58. The minimum Gasteiger partial charge on any atom is -0.363 e. The molecule has 0 aromatic heterocycles. The Balaban J connectivity index is 2.37. The van der Waals surface area contributed by atoms with E-state index in [1.165, 1.54) is 25.9 Å². The quantitative estimate of drug-likeness (QED) is 0.632. The van der Waals surface area contributed by atoms with Gasteiger partial charge >= 0.3 is 0 Å². The predicted octanol–water partition coefficient (Wildman–Crippen LogP) is 0.569. The van der Waals surface area contributed by atoms with Crippen LogP contribution >= 0.6 is 0 Å². The van der Waals surface area contributed by atoms with Crippen LogP contribution in [0.5, 0.6) is 0 Å². The van der Waals surface area contributed by atoms with Gasteiger partial charge in [0.2, 0.25) is 0 Å². The van der Waals surface area contributed by atoms with Gasteiger partial charge in [-0.05, 0) is 32.5 Å². The van der Waals surface area contributed by atoms with E-state index in [1.54, 1.807) is 0 Å². The maximum Gasteiger partial charge on any atom is 0.173 e. The van der Waals surface area contributed by atoms with Crippen molar-refractivity contribution in [1.29, 1.82) is 0 Å². The van der Waals surface area contributed by atoms with Crippen LogP contribution in [-0.4, -0.2) is 50.0 Å². The Morgan fingerprint density at radius 2 is 1.67 bits per heavy atom. The second-order valence-electron chi connectivity index (χ2n) is 3.19. The van der Waals surface area contributed by atoms with Gasteiger partial charge in [0.1, 0.15) is 19.4 Å². The van der Waals surface area contributed by atoms with Crippen molar-refractivity contribution < 1.29 is 0 Å². The van der Waals surface area contributed by atoms with E-state index in [0.717, 1.165) is 19.4 Å². The average molecular weight is 214 g/mol. The van der Waals surface area contributed by atoms with Crippen LogP contribution in [0.25, 0.3) is 0 Å². The van der Waals surface area contributed by atoms with Crippen molar-refractivity contribution in [3.05, 3.63) is 0 Å². The van der Waals surface area contributed by atoms with Crippen molar-refractivity contribution in [2.24, 2.45) is 0 Å². The van der Waals surface area contributed by atoms with Gasteiger partial charge in [-0.25, -0.2) is 0 Å². The first kappa shape index (κ1) is 10.7. The molecule has 0 aromatic rings. The maximum atomic E-state index is 2.74. The van der Waals surface area contributed by atoms with E-state index >= 15 is 0 Å². The van der Waals surface area contributed by atoms with Gasteiger partial charge in [0, 0.05) is 0 Å². The zero-order valence-corrected chi connectivity index (χ0v) is 11.5. The molecular formula is C7H18N2Si3. The van der Waals surface area contributed by atoms with Gasteiger partial charge in [0.05, 0.1) is 0 Å². The number of hydrogen-bond acceptors (Lipinski definition) is 2. The van der Waals surface area contributed by atoms with E-state index in [1.807, 2.05) is 0 Å². The van der Waals surface area contributed by atoms with Crippen molar-refractivity contribution in [2.45, 2.75) is 32.5 Å². The number of nitrogens with zero attached hydrogens (tertiary/aromatic N) is 2. The van der Waals surface area contributed by atoms with E-state index in [4.69, 9.17) is 0 Å². The largest absolute Gasteiger partial charge is 0.363 e. The summed E-state index contributed by atoms with van der Waals surface area (Å²) in [5.41, 5.74) is 0. The van der Waals surface area contributed by atoms with Gasteiger partial charge in [-0.1, -0.05) is 13.1 Å². The van der Waals surface area contributed by atoms with Crippen LogP contribution in [0.15, 0.2) is 0 Å². The molecule has 0 bridgehead atoms. The second kappa shape index (κ2) is 5.33. The summed E-state index contributed by atoms with van der Waals surface area (Å²) < 4.78 is 5.46. The van der Waals surface area contributed by atoms with Crippen LogP contribution in [0.1, 0.15) is 12.8 Å². The van der Waals surface area contributed by atoms with Gasteiger partial charge in [-0.15, -0.1) is 0 Å². The zero-order valence-electron chi connectivity index (χ0n) is 8.30. The third-order valence-electron chi connectivity index (χ3n) is 2.52. The highest BCUT2D eigenvalue weighted by Crippen LogP contribution is 2.10. The molecule has 0 spiro atoms. The van der Waals surface area contributed by atoms with Crippen LogP contribution in [0.4, 0.5) is 0 Å². The lowest BCUT2D eigenvalue weighted by molar-refractivity contribution is 0.517. The molecule has 0 saturated carbocycles. The van der Waals surface area contributed by atoms with Gasteiger partial charge in [0.15, 0.2) is 9.12 Å². The standard InChI is InChI=1S/C7H18N2Si3/c1-10-9(11-2)12(3)8-6-4-5-7-8/h12H,4-7H2,1-3H3. The Morgan fingerprint density at radius 1 is 1.17 bits per heavy atom. The molecule has 0 aromatic carbocycles. The van der Waals surface area contributed by atoms with Gasteiger partial charge < -0.3 is 8.46 Å². The van der Waals surface area contributed by atoms with E-state index in [-0.39, 0.29) is 0 Å². The fourth-order valence-electron chi connectivity index (χ4n) is 1.76. The summed E-state index contributed by atoms with van der Waals surface area (Å²) in [6.45, 7) is 9.86. The third kappa shape index (κ3) is 2.53. The first-order chi connectivity index (χ1) is 5.79. The van der Waals surface area contributed by atoms with Crippen molar-refractivity contribution in [2.75, 3.05) is 13.1 Å². The molecule has 1 saturated heterocycles. The lowest BCUT2D eigenvalue weighted by Crippen LogP contribution is -2.51. The molecule has 0 N–H and O–H groups in total. The normalized spacial score (nSPS) is 22.0. The molecule has 5 heteroatoms. The summed E-state index contributed by atoms with van der Waals surface area (Å²) in [6, 6.07) is 0. The second-order valence-corrected chi connectivity index (χ2v) is 9.04. The Hall–Kier alpha value is 0.571. The lowest BCUT2D eigenvalue weighted by atomic mass is 10.4. The monoisotopic (exact) mass is 214 g/mol. The zero-order chi connectivity index (χ0) is 8.97. The molecule has 1 aliphatic heterocycles. The molecule has 1 unspecified atom stereocenters. The first-order valence-electron chi connectivity index (χ1n) is 4.67. The minimum atomic E-state index is -0.678. The Bertz CT molecular complexity index is 122. The minimum absolute atomic E-state index is 0.678. The van der Waals surface area contributed by atoms with Crippen LogP contribution in [0.2, 0.25) is 19.6 Å². The van der Waals surface area contributed by atoms with E-state index in [9.17, 15) is 0 Å². The third-order valence-corrected chi connectivity index (χ3v) is 10.9. The summed E-state index contributed by atoms with van der Waals surface area (Å²) >= 11 is 0. The molecule has 68 valence electrons. The van der Waals surface area contributed by atoms with E-state index in [2.05, 4.69) is 28.1 Å². The smallest absolute Gasteiger partial charge is 0.173 e. The van der Waals surface area contributed by atoms with Crippen molar-refractivity contribution >= 4 is 28.5 Å². The van der Waals surface area contributed by atoms with Gasteiger partial charge in [-0.2, -0.15) is 0 Å². The number of rotatable bonds is 4. The van der Waals surface area contributed by atoms with Crippen LogP contribution in [-0.2, 0) is 0 Å². The Labute approximate surface area is 82.9 Å². The highest BCUT2D eigenvalue weighted by Gasteiger charge is 2.23. The molecular weight excluding hydrogens is 196 g/mol. The SMILES string of the molecule is C[Si]N([Si]C)[SiH](C)N1CCCC1. The summed E-state index contributed by atoms with van der Waals surface area (Å²) in [5, 5.41) is 0. The summed E-state index contributed by atoms with van der Waals surface area (Å²) in [6.07, 6.45) is 2.87. The lowest BCUT2D eigenvalue weighted by Gasteiger charge is -2.31. The number of hydrogen-bond donors (Lipinski definition) is 0. The van der Waals surface area contributed by atoms with Crippen LogP contribution in [0.3, 0.4) is 0 Å². The molecule has 1 aliphatic rings. The predicted molar refractivity (Wildman–Crippen MR) is 58.9 cm³/mol. The maximum absolute atomic E-state index is 2.74. The molecule has 1 rings (SSSR count). The highest BCUT2D eigenvalue weighted by molar-refractivity contribution is 6.72. The topological polar surface area (TPSA) is 6.48 Å². The summed E-state index contributed by atoms with van der Waals surface area (Å²) in [7, 11) is 1.36. The fraction of sp³-hybridized carbons (Fsp3) is 1.00. The fourth-order valence-corrected chi connectivity index (χ4v) is 8.07. The molecule has 4 radical (unpaired) electrons. The molecule has 1 fully saturated rings. The molecule has 0 amide bonds. The summed E-state index contributed by atoms with van der Waals surface area (Å²) in [4.78, 5) is 0. The van der Waals surface area contributed by atoms with Crippen molar-refractivity contribution in [1.82, 2.24) is 8.46 Å². The van der Waals surface area contributed by atoms with Gasteiger partial charge in [-0.3, -0.25) is 0 Å². The van der Waals surface area contributed by atoms with Crippen LogP contribution < -0.4 is 0 Å². The van der Waals surface area contributed by atoms with E-state index < -0.39 is 9.12 Å². The molecule has 1 heterocycles. The van der Waals surface area contributed by atoms with Crippen molar-refractivity contribution in [3.63, 3.8) is 0 Å². The molecule has 0 aliphatic carbocycles. The van der Waals surface area contributed by atoms with Gasteiger partial charge in [0.25, 0.3) is 0 Å². The Kier molecular flexibility index (Phi) is 4.73. The first-order valence-corrected chi connectivity index (χ1v) is 9.76. The summed E-state index contributed by atoms with van der Waals surface area (Å²) in [5.74, 6) is 0. The van der Waals surface area contributed by atoms with Crippen LogP contribution in [0, 0.1) is 0 Å².